The van der Waals surface area contributed by atoms with Crippen LogP contribution >= 0.6 is 15.9 Å². The van der Waals surface area contributed by atoms with Crippen molar-refractivity contribution in [2.24, 2.45) is 5.92 Å². The molecule has 1 atom stereocenters. The molecule has 1 N–H and O–H groups in total. The third-order valence-electron chi connectivity index (χ3n) is 3.08. The standard InChI is InChI=1S/C13H15BrO4/c1-7(13(15)16)5-9-8(2)12-11(6-10(9)14)17-3-4-18-12/h6-7H,3-5H2,1-2H3,(H,15,16). The molecule has 0 bridgehead atoms. The fourth-order valence-electron chi connectivity index (χ4n) is 1.99. The zero-order valence-corrected chi connectivity index (χ0v) is 11.9. The smallest absolute Gasteiger partial charge is 0.306 e. The first-order valence-electron chi connectivity index (χ1n) is 5.81. The molecule has 98 valence electrons. The first kappa shape index (κ1) is 13.2. The van der Waals surface area contributed by atoms with E-state index in [0.717, 1.165) is 27.1 Å². The normalized spacial score (nSPS) is 15.3. The Kier molecular flexibility index (Phi) is 3.80. The lowest BCUT2D eigenvalue weighted by Crippen LogP contribution is -2.18. The van der Waals surface area contributed by atoms with E-state index in [2.05, 4.69) is 15.9 Å². The Labute approximate surface area is 114 Å². The van der Waals surface area contributed by atoms with Crippen LogP contribution in [0.4, 0.5) is 0 Å². The number of fused-ring (bicyclic) bond motifs is 1. The van der Waals surface area contributed by atoms with E-state index in [9.17, 15) is 4.79 Å². The first-order chi connectivity index (χ1) is 8.50. The molecule has 2 rings (SSSR count). The molecule has 5 heteroatoms. The maximum Gasteiger partial charge on any atom is 0.306 e. The van der Waals surface area contributed by atoms with Gasteiger partial charge in [-0.1, -0.05) is 22.9 Å². The molecule has 1 aliphatic rings. The number of aliphatic carboxylic acids is 1. The minimum Gasteiger partial charge on any atom is -0.486 e. The Balaban J connectivity index is 2.38. The van der Waals surface area contributed by atoms with Crippen LogP contribution in [0.5, 0.6) is 11.5 Å². The van der Waals surface area contributed by atoms with Gasteiger partial charge in [-0.3, -0.25) is 4.79 Å². The van der Waals surface area contributed by atoms with E-state index in [4.69, 9.17) is 14.6 Å². The van der Waals surface area contributed by atoms with Crippen molar-refractivity contribution in [3.63, 3.8) is 0 Å². The van der Waals surface area contributed by atoms with E-state index in [1.807, 2.05) is 13.0 Å². The Morgan fingerprint density at radius 2 is 2.17 bits per heavy atom. The molecule has 4 nitrogen and oxygen atoms in total. The zero-order chi connectivity index (χ0) is 13.3. The van der Waals surface area contributed by atoms with Gasteiger partial charge in [0.05, 0.1) is 5.92 Å². The fraction of sp³-hybridized carbons (Fsp3) is 0.462. The maximum absolute atomic E-state index is 10.9. The first-order valence-corrected chi connectivity index (χ1v) is 6.60. The van der Waals surface area contributed by atoms with Crippen molar-refractivity contribution >= 4 is 21.9 Å². The molecule has 1 unspecified atom stereocenters. The van der Waals surface area contributed by atoms with Gasteiger partial charge in [0.15, 0.2) is 11.5 Å². The van der Waals surface area contributed by atoms with Gasteiger partial charge in [-0.15, -0.1) is 0 Å². The Hall–Kier alpha value is -1.23. The highest BCUT2D eigenvalue weighted by Gasteiger charge is 2.22. The monoisotopic (exact) mass is 314 g/mol. The summed E-state index contributed by atoms with van der Waals surface area (Å²) < 4.78 is 12.0. The number of carbonyl (C=O) groups is 1. The lowest BCUT2D eigenvalue weighted by atomic mass is 9.96. The van der Waals surface area contributed by atoms with Gasteiger partial charge in [0, 0.05) is 4.47 Å². The van der Waals surface area contributed by atoms with Crippen molar-refractivity contribution in [2.45, 2.75) is 20.3 Å². The van der Waals surface area contributed by atoms with Crippen LogP contribution < -0.4 is 9.47 Å². The Morgan fingerprint density at radius 3 is 2.83 bits per heavy atom. The molecule has 0 aliphatic carbocycles. The van der Waals surface area contributed by atoms with Gasteiger partial charge >= 0.3 is 5.97 Å². The number of benzene rings is 1. The minimum absolute atomic E-state index is 0.428. The van der Waals surface area contributed by atoms with Gasteiger partial charge in [-0.05, 0) is 30.5 Å². The summed E-state index contributed by atoms with van der Waals surface area (Å²) in [5.74, 6) is 0.230. The minimum atomic E-state index is -0.795. The van der Waals surface area contributed by atoms with Crippen LogP contribution in [0.15, 0.2) is 10.5 Å². The fourth-order valence-corrected chi connectivity index (χ4v) is 2.66. The van der Waals surface area contributed by atoms with Crippen LogP contribution in [-0.2, 0) is 11.2 Å². The van der Waals surface area contributed by atoms with Crippen LogP contribution in [0, 0.1) is 12.8 Å². The highest BCUT2D eigenvalue weighted by Crippen LogP contribution is 2.40. The van der Waals surface area contributed by atoms with Crippen molar-refractivity contribution in [3.8, 4) is 11.5 Å². The molecule has 0 aromatic heterocycles. The molecule has 0 spiro atoms. The van der Waals surface area contributed by atoms with Gasteiger partial charge in [0.2, 0.25) is 0 Å². The van der Waals surface area contributed by atoms with Gasteiger partial charge in [-0.25, -0.2) is 0 Å². The highest BCUT2D eigenvalue weighted by molar-refractivity contribution is 9.10. The van der Waals surface area contributed by atoms with Crippen LogP contribution in [0.3, 0.4) is 0 Å². The van der Waals surface area contributed by atoms with Gasteiger partial charge in [0.1, 0.15) is 13.2 Å². The third kappa shape index (κ3) is 2.46. The summed E-state index contributed by atoms with van der Waals surface area (Å²) in [6.07, 6.45) is 0.471. The van der Waals surface area contributed by atoms with E-state index in [0.29, 0.717) is 19.6 Å². The lowest BCUT2D eigenvalue weighted by molar-refractivity contribution is -0.141. The van der Waals surface area contributed by atoms with Crippen molar-refractivity contribution < 1.29 is 19.4 Å². The number of rotatable bonds is 3. The van der Waals surface area contributed by atoms with Crippen LogP contribution in [-0.4, -0.2) is 24.3 Å². The summed E-state index contributed by atoms with van der Waals surface area (Å²) in [5.41, 5.74) is 1.92. The molecule has 0 saturated carbocycles. The second-order valence-corrected chi connectivity index (χ2v) is 5.28. The quantitative estimate of drug-likeness (QED) is 0.932. The molecular weight excluding hydrogens is 300 g/mol. The number of carboxylic acids is 1. The van der Waals surface area contributed by atoms with Crippen LogP contribution in [0.1, 0.15) is 18.1 Å². The SMILES string of the molecule is Cc1c(CC(C)C(=O)O)c(Br)cc2c1OCCO2. The number of hydrogen-bond acceptors (Lipinski definition) is 3. The molecule has 0 saturated heterocycles. The summed E-state index contributed by atoms with van der Waals surface area (Å²) in [5, 5.41) is 8.99. The number of carboxylic acid groups (broad SMARTS) is 1. The molecule has 0 amide bonds. The van der Waals surface area contributed by atoms with E-state index in [1.165, 1.54) is 0 Å². The van der Waals surface area contributed by atoms with Crippen LogP contribution in [0.25, 0.3) is 0 Å². The predicted molar refractivity (Wildman–Crippen MR) is 70.4 cm³/mol. The number of ether oxygens (including phenoxy) is 2. The molecule has 1 aromatic carbocycles. The van der Waals surface area contributed by atoms with Crippen molar-refractivity contribution in [1.82, 2.24) is 0 Å². The summed E-state index contributed by atoms with van der Waals surface area (Å²) in [4.78, 5) is 10.9. The van der Waals surface area contributed by atoms with Gasteiger partial charge in [0.25, 0.3) is 0 Å². The molecular formula is C13H15BrO4. The topological polar surface area (TPSA) is 55.8 Å². The number of hydrogen-bond donors (Lipinski definition) is 1. The molecule has 1 heterocycles. The molecule has 1 aromatic rings. The summed E-state index contributed by atoms with van der Waals surface area (Å²) in [7, 11) is 0. The molecule has 0 fully saturated rings. The molecule has 0 radical (unpaired) electrons. The summed E-state index contributed by atoms with van der Waals surface area (Å²) >= 11 is 3.48. The second-order valence-electron chi connectivity index (χ2n) is 4.43. The number of halogens is 1. The average Bonchev–Trinajstić information content (AvgIpc) is 2.34. The second kappa shape index (κ2) is 5.18. The van der Waals surface area contributed by atoms with Crippen molar-refractivity contribution in [2.75, 3.05) is 13.2 Å². The van der Waals surface area contributed by atoms with Crippen molar-refractivity contribution in [3.05, 3.63) is 21.7 Å². The third-order valence-corrected chi connectivity index (χ3v) is 3.79. The lowest BCUT2D eigenvalue weighted by Gasteiger charge is -2.23. The summed E-state index contributed by atoms with van der Waals surface area (Å²) in [6.45, 7) is 4.71. The largest absolute Gasteiger partial charge is 0.486 e. The predicted octanol–water partition coefficient (Wildman–Crippen LogP) is 2.79. The molecule has 1 aliphatic heterocycles. The maximum atomic E-state index is 10.9. The van der Waals surface area contributed by atoms with Gasteiger partial charge < -0.3 is 14.6 Å². The molecule has 18 heavy (non-hydrogen) atoms. The Morgan fingerprint density at radius 1 is 1.50 bits per heavy atom. The van der Waals surface area contributed by atoms with E-state index in [1.54, 1.807) is 6.92 Å². The zero-order valence-electron chi connectivity index (χ0n) is 10.3. The van der Waals surface area contributed by atoms with Crippen molar-refractivity contribution in [1.29, 1.82) is 0 Å². The summed E-state index contributed by atoms with van der Waals surface area (Å²) in [6, 6.07) is 1.85. The van der Waals surface area contributed by atoms with E-state index in [-0.39, 0.29) is 0 Å². The van der Waals surface area contributed by atoms with E-state index >= 15 is 0 Å². The Bertz CT molecular complexity index is 484. The van der Waals surface area contributed by atoms with Gasteiger partial charge in [-0.2, -0.15) is 0 Å². The highest BCUT2D eigenvalue weighted by atomic mass is 79.9. The average molecular weight is 315 g/mol. The van der Waals surface area contributed by atoms with E-state index < -0.39 is 11.9 Å². The van der Waals surface area contributed by atoms with Crippen LogP contribution in [0.2, 0.25) is 0 Å².